The Morgan fingerprint density at radius 3 is 2.22 bits per heavy atom. The average Bonchev–Trinajstić information content (AvgIpc) is 3.87. The van der Waals surface area contributed by atoms with Crippen molar-refractivity contribution in [2.24, 2.45) is 17.6 Å². The number of nitrogens with two attached hydrogens (primary N) is 1. The third kappa shape index (κ3) is 12.9. The topological polar surface area (TPSA) is 354 Å². The highest BCUT2D eigenvalue weighted by Crippen LogP contribution is 2.40. The molecule has 67 heavy (non-hydrogen) atoms. The Labute approximate surface area is 388 Å². The first kappa shape index (κ1) is 52.0. The molecule has 0 aromatic heterocycles. The number of fused-ring (bicyclic) bond motifs is 6. The highest BCUT2D eigenvalue weighted by atomic mass is 32.2. The van der Waals surface area contributed by atoms with Gasteiger partial charge >= 0.3 is 0 Å². The van der Waals surface area contributed by atoms with E-state index in [2.05, 4.69) is 37.2 Å². The van der Waals surface area contributed by atoms with Gasteiger partial charge in [-0.15, -0.1) is 0 Å². The smallest absolute Gasteiger partial charge is 0.246 e. The van der Waals surface area contributed by atoms with Crippen LogP contribution >= 0.6 is 0 Å². The first-order valence-electron chi connectivity index (χ1n) is 22.2. The fraction of sp³-hybridized carbons (Fsp3) is 0.605. The lowest BCUT2D eigenvalue weighted by Crippen LogP contribution is -2.61. The minimum atomic E-state index is -2.15. The summed E-state index contributed by atoms with van der Waals surface area (Å²) >= 11 is 0. The molecule has 9 amide bonds. The van der Waals surface area contributed by atoms with Crippen LogP contribution in [0.4, 0.5) is 0 Å². The Morgan fingerprint density at radius 1 is 0.881 bits per heavy atom. The molecule has 0 spiro atoms. The molecule has 1 aliphatic carbocycles. The molecule has 3 aliphatic heterocycles. The van der Waals surface area contributed by atoms with E-state index in [-0.39, 0.29) is 30.6 Å². The number of hydrogen-bond acceptors (Lipinski definition) is 14. The first-order valence-corrected chi connectivity index (χ1v) is 23.6. The summed E-state index contributed by atoms with van der Waals surface area (Å²) in [6.45, 7) is 4.08. The molecule has 23 nitrogen and oxygen atoms in total. The molecule has 12 N–H and O–H groups in total. The number of hydrogen-bond donors (Lipinski definition) is 11. The van der Waals surface area contributed by atoms with E-state index in [1.807, 2.05) is 0 Å². The number of carbonyl (C=O) groups is 9. The zero-order valence-electron chi connectivity index (χ0n) is 37.8. The zero-order chi connectivity index (χ0) is 49.3. The summed E-state index contributed by atoms with van der Waals surface area (Å²) in [5, 5.41) is 48.9. The fourth-order valence-electron chi connectivity index (χ4n) is 8.44. The summed E-state index contributed by atoms with van der Waals surface area (Å²) in [7, 11) is -2.15. The van der Waals surface area contributed by atoms with E-state index in [0.717, 1.165) is 4.90 Å². The molecule has 1 aromatic carbocycles. The fourth-order valence-corrected chi connectivity index (χ4v) is 9.98. The van der Waals surface area contributed by atoms with Gasteiger partial charge in [0.15, 0.2) is 0 Å². The van der Waals surface area contributed by atoms with Crippen LogP contribution in [0.2, 0.25) is 0 Å². The van der Waals surface area contributed by atoms with Gasteiger partial charge in [-0.2, -0.15) is 0 Å². The van der Waals surface area contributed by atoms with Gasteiger partial charge in [0.05, 0.1) is 61.5 Å². The van der Waals surface area contributed by atoms with Crippen molar-refractivity contribution in [2.75, 3.05) is 38.6 Å². The number of carbonyl (C=O) groups excluding carboxylic acids is 9. The summed E-state index contributed by atoms with van der Waals surface area (Å²) in [6.07, 6.45) is -4.04. The minimum Gasteiger partial charge on any atom is -0.494 e. The number of nitrogens with zero attached hydrogens (tertiary/aromatic N) is 1. The third-order valence-electron chi connectivity index (χ3n) is 12.4. The average molecular weight is 960 g/mol. The molecule has 5 rings (SSSR count). The summed E-state index contributed by atoms with van der Waals surface area (Å²) < 4.78 is 20.5. The predicted molar refractivity (Wildman–Crippen MR) is 238 cm³/mol. The Bertz CT molecular complexity index is 2170. The maximum atomic E-state index is 14.7. The van der Waals surface area contributed by atoms with Gasteiger partial charge in [0.1, 0.15) is 42.0 Å². The summed E-state index contributed by atoms with van der Waals surface area (Å²) in [5.41, 5.74) is 7.22. The number of allylic oxidation sites excluding steroid dienone is 2. The van der Waals surface area contributed by atoms with E-state index in [1.54, 1.807) is 39.0 Å². The molecular formula is C43H61N9O14S. The number of primary amides is 1. The number of benzene rings is 1. The van der Waals surface area contributed by atoms with E-state index in [4.69, 9.17) is 10.5 Å². The summed E-state index contributed by atoms with van der Waals surface area (Å²) in [4.78, 5) is 126. The maximum absolute atomic E-state index is 14.7. The highest BCUT2D eigenvalue weighted by molar-refractivity contribution is 7.89. The molecule has 4 aliphatic rings. The van der Waals surface area contributed by atoms with Gasteiger partial charge in [0.25, 0.3) is 0 Å². The van der Waals surface area contributed by atoms with Crippen LogP contribution in [0.15, 0.2) is 23.1 Å². The van der Waals surface area contributed by atoms with Gasteiger partial charge < -0.3 is 67.9 Å². The van der Waals surface area contributed by atoms with Crippen molar-refractivity contribution in [1.82, 2.24) is 42.1 Å². The minimum absolute atomic E-state index is 0.0447. The molecule has 2 unspecified atom stereocenters. The van der Waals surface area contributed by atoms with Gasteiger partial charge in [-0.25, -0.2) is 0 Å². The Kier molecular flexibility index (Phi) is 18.0. The normalized spacial score (nSPS) is 28.7. The van der Waals surface area contributed by atoms with Gasteiger partial charge in [-0.3, -0.25) is 47.4 Å². The second-order valence-corrected chi connectivity index (χ2v) is 18.7. The number of nitrogens with one attached hydrogen (secondary N) is 7. The predicted octanol–water partition coefficient (Wildman–Crippen LogP) is -4.56. The monoisotopic (exact) mass is 959 g/mol. The quantitative estimate of drug-likeness (QED) is 0.111. The second kappa shape index (κ2) is 23.2. The van der Waals surface area contributed by atoms with Crippen LogP contribution in [0, 0.1) is 11.8 Å². The largest absolute Gasteiger partial charge is 0.494 e. The van der Waals surface area contributed by atoms with Crippen LogP contribution in [-0.4, -0.2) is 165 Å². The van der Waals surface area contributed by atoms with Gasteiger partial charge in [0.2, 0.25) is 53.2 Å². The third-order valence-corrected chi connectivity index (χ3v) is 14.0. The van der Waals surface area contributed by atoms with E-state index in [1.165, 1.54) is 6.92 Å². The van der Waals surface area contributed by atoms with E-state index < -0.39 is 163 Å². The Hall–Kier alpha value is -5.98. The van der Waals surface area contributed by atoms with Crippen molar-refractivity contribution >= 4 is 69.5 Å². The van der Waals surface area contributed by atoms with E-state index >= 15 is 0 Å². The van der Waals surface area contributed by atoms with Crippen molar-refractivity contribution in [3.63, 3.8) is 0 Å². The van der Waals surface area contributed by atoms with Gasteiger partial charge in [0, 0.05) is 30.2 Å². The van der Waals surface area contributed by atoms with Crippen LogP contribution in [0.3, 0.4) is 0 Å². The molecule has 1 saturated heterocycles. The Morgan fingerprint density at radius 2 is 1.57 bits per heavy atom. The van der Waals surface area contributed by atoms with Crippen molar-refractivity contribution in [3.05, 3.63) is 34.2 Å². The molecule has 1 aromatic rings. The van der Waals surface area contributed by atoms with Crippen LogP contribution < -0.4 is 47.7 Å². The van der Waals surface area contributed by atoms with Crippen LogP contribution in [0.1, 0.15) is 70.9 Å². The maximum Gasteiger partial charge on any atom is 0.246 e. The second-order valence-electron chi connectivity index (χ2n) is 17.2. The Balaban J connectivity index is 1.70. The van der Waals surface area contributed by atoms with Crippen molar-refractivity contribution in [3.8, 4) is 5.75 Å². The standard InChI is InChI=1S/C43H61N9O14S/c1-5-20(3)36-41(62)46-15-34(57)47-29-19-67(65)32-12-22-11-24(66-6-2)7-8-25(22)26(32)9-10-27(38(59)45-16-35(58)50-36)48-42(63)37(21(4)31(55)18-53)51-40(61)30-13-23(54)17-52(30)43(64)28(14-33(44)56)49-39(29)60/h7-8,11,20-21,23,27-31,36-37,53-55H,5-6,9-10,12-19H2,1-4H3,(H2,44,56)(H,45,59)(H,46,62)(H,47,57)(H,48,63)(H,49,60)(H,50,58)(H,51,61)/t20-,21-,23+,27-,28-,29?,30-,31-,36-,37-,67?/m0/s1. The first-order chi connectivity index (χ1) is 31.8. The number of aliphatic hydroxyl groups is 3. The zero-order valence-corrected chi connectivity index (χ0v) is 38.6. The van der Waals surface area contributed by atoms with Crippen LogP contribution in [0.5, 0.6) is 5.75 Å². The molecule has 3 heterocycles. The molecule has 1 fully saturated rings. The van der Waals surface area contributed by atoms with Crippen molar-refractivity contribution in [2.45, 2.75) is 115 Å². The lowest BCUT2D eigenvalue weighted by Gasteiger charge is -2.32. The molecule has 11 atom stereocenters. The van der Waals surface area contributed by atoms with E-state index in [0.29, 0.717) is 35.5 Å². The number of aliphatic hydroxyl groups excluding tert-OH is 3. The van der Waals surface area contributed by atoms with Crippen LogP contribution in [0.25, 0.3) is 5.57 Å². The summed E-state index contributed by atoms with van der Waals surface area (Å²) in [5.74, 6) is -10.7. The molecule has 0 saturated carbocycles. The van der Waals surface area contributed by atoms with Crippen molar-refractivity contribution in [1.29, 1.82) is 0 Å². The highest BCUT2D eigenvalue weighted by Gasteiger charge is 2.45. The molecule has 2 bridgehead atoms. The van der Waals surface area contributed by atoms with Crippen molar-refractivity contribution < 1.29 is 67.4 Å². The molecule has 24 heteroatoms. The summed E-state index contributed by atoms with van der Waals surface area (Å²) in [6, 6.07) is -4.40. The molecule has 368 valence electrons. The molecule has 0 radical (unpaired) electrons. The van der Waals surface area contributed by atoms with Gasteiger partial charge in [-0.05, 0) is 54.5 Å². The van der Waals surface area contributed by atoms with Crippen LogP contribution in [-0.2, 0) is 60.4 Å². The lowest BCUT2D eigenvalue weighted by molar-refractivity contribution is -0.144. The van der Waals surface area contributed by atoms with Gasteiger partial charge in [-0.1, -0.05) is 33.3 Å². The van der Waals surface area contributed by atoms with E-state index in [9.17, 15) is 62.7 Å². The number of amides is 9. The number of rotatable bonds is 9. The SMILES string of the molecule is CCOc1ccc2c(c1)CC1=C2CC[C@@H]2NC(=O)[C@H]([C@@H](C)[C@@H](O)CO)NC(=O)[C@@H]3C[C@@H](O)CN3C(=O)[C@H](CC(N)=O)NC(=O)C(CS1=O)NC(=O)CNC(=O)[C@H]([C@@H](C)CC)NC(=O)CNC2=O. The molecular weight excluding hydrogens is 899 g/mol. The lowest BCUT2D eigenvalue weighted by atomic mass is 9.93. The number of ether oxygens (including phenoxy) is 1.